The van der Waals surface area contributed by atoms with Crippen LogP contribution in [0, 0.1) is 0 Å². The molecule has 1 fully saturated rings. The molecule has 180 valence electrons. The molecule has 3 aromatic rings. The second-order valence-electron chi connectivity index (χ2n) is 7.76. The van der Waals surface area contributed by atoms with Crippen molar-refractivity contribution >= 4 is 48.1 Å². The molecular weight excluding hydrogens is 496 g/mol. The normalized spacial score (nSPS) is 15.4. The first-order valence-electron chi connectivity index (χ1n) is 10.7. The first-order valence-corrected chi connectivity index (χ1v) is 14.5. The minimum atomic E-state index is -3.79. The van der Waals surface area contributed by atoms with Gasteiger partial charge in [-0.3, -0.25) is 9.52 Å². The molecule has 2 aromatic carbocycles. The van der Waals surface area contributed by atoms with Crippen molar-refractivity contribution < 1.29 is 21.6 Å². The fraction of sp³-hybridized carbons (Fsp3) is 0.273. The fourth-order valence-electron chi connectivity index (χ4n) is 3.58. The van der Waals surface area contributed by atoms with Crippen molar-refractivity contribution in [3.63, 3.8) is 0 Å². The van der Waals surface area contributed by atoms with Crippen LogP contribution in [0.4, 0.5) is 10.8 Å². The molecule has 9 nitrogen and oxygen atoms in total. The average molecular weight is 521 g/mol. The largest absolute Gasteiger partial charge is 0.322 e. The lowest BCUT2D eigenvalue weighted by Gasteiger charge is -2.20. The van der Waals surface area contributed by atoms with Gasteiger partial charge in [0, 0.05) is 35.9 Å². The van der Waals surface area contributed by atoms with Crippen LogP contribution < -0.4 is 10.0 Å². The van der Waals surface area contributed by atoms with E-state index in [0.717, 1.165) is 25.7 Å². The molecule has 0 bridgehead atoms. The van der Waals surface area contributed by atoms with Gasteiger partial charge in [0.15, 0.2) is 5.13 Å². The summed E-state index contributed by atoms with van der Waals surface area (Å²) in [6.45, 7) is 1.02. The molecule has 0 atom stereocenters. The summed E-state index contributed by atoms with van der Waals surface area (Å²) >= 11 is 1.17. The topological polar surface area (TPSA) is 126 Å². The first kappa shape index (κ1) is 24.3. The zero-order chi connectivity index (χ0) is 24.2. The Morgan fingerprint density at radius 3 is 2.06 bits per heavy atom. The van der Waals surface area contributed by atoms with Gasteiger partial charge in [-0.2, -0.15) is 4.31 Å². The number of nitrogens with zero attached hydrogens (tertiary/aromatic N) is 2. The van der Waals surface area contributed by atoms with E-state index in [1.807, 2.05) is 0 Å². The van der Waals surface area contributed by atoms with Gasteiger partial charge < -0.3 is 5.32 Å². The van der Waals surface area contributed by atoms with Crippen molar-refractivity contribution in [2.24, 2.45) is 0 Å². The third-order valence-corrected chi connectivity index (χ3v) is 9.48. The standard InChI is InChI=1S/C22H24N4O5S3/c27-21(17-5-9-20(10-6-17)34(30,31)26-14-3-1-2-4-15-26)24-18-7-11-19(12-8-18)33(28,29)25-22-23-13-16-32-22/h5-13,16H,1-4,14-15H2,(H,23,25)(H,24,27). The fourth-order valence-corrected chi connectivity index (χ4v) is 6.88. The van der Waals surface area contributed by atoms with Gasteiger partial charge in [0.25, 0.3) is 15.9 Å². The van der Waals surface area contributed by atoms with Gasteiger partial charge in [-0.15, -0.1) is 11.3 Å². The van der Waals surface area contributed by atoms with Crippen LogP contribution in [0.3, 0.4) is 0 Å². The van der Waals surface area contributed by atoms with Crippen LogP contribution >= 0.6 is 11.3 Å². The van der Waals surface area contributed by atoms with E-state index in [4.69, 9.17) is 0 Å². The summed E-state index contributed by atoms with van der Waals surface area (Å²) in [7, 11) is -7.38. The molecule has 34 heavy (non-hydrogen) atoms. The Labute approximate surface area is 202 Å². The van der Waals surface area contributed by atoms with Gasteiger partial charge in [-0.25, -0.2) is 21.8 Å². The Bertz CT molecular complexity index is 1330. The number of hydrogen-bond acceptors (Lipinski definition) is 7. The van der Waals surface area contributed by atoms with Gasteiger partial charge in [0.1, 0.15) is 0 Å². The molecule has 0 unspecified atom stereocenters. The molecule has 2 heterocycles. The van der Waals surface area contributed by atoms with Gasteiger partial charge in [-0.1, -0.05) is 12.8 Å². The van der Waals surface area contributed by atoms with Crippen molar-refractivity contribution in [1.82, 2.24) is 9.29 Å². The van der Waals surface area contributed by atoms with E-state index in [0.29, 0.717) is 18.8 Å². The molecule has 1 aliphatic heterocycles. The quantitative estimate of drug-likeness (QED) is 0.489. The monoisotopic (exact) mass is 520 g/mol. The smallest absolute Gasteiger partial charge is 0.263 e. The minimum Gasteiger partial charge on any atom is -0.322 e. The summed E-state index contributed by atoms with van der Waals surface area (Å²) in [6.07, 6.45) is 5.25. The van der Waals surface area contributed by atoms with E-state index >= 15 is 0 Å². The summed E-state index contributed by atoms with van der Waals surface area (Å²) in [6, 6.07) is 11.5. The van der Waals surface area contributed by atoms with E-state index in [-0.39, 0.29) is 20.5 Å². The number of hydrogen-bond donors (Lipinski definition) is 2. The summed E-state index contributed by atoms with van der Waals surface area (Å²) in [5.41, 5.74) is 0.691. The maximum Gasteiger partial charge on any atom is 0.263 e. The van der Waals surface area contributed by atoms with Crippen LogP contribution in [0.2, 0.25) is 0 Å². The van der Waals surface area contributed by atoms with Gasteiger partial charge in [0.2, 0.25) is 10.0 Å². The molecule has 1 saturated heterocycles. The predicted molar refractivity (Wildman–Crippen MR) is 131 cm³/mol. The summed E-state index contributed by atoms with van der Waals surface area (Å²) in [5.74, 6) is -0.435. The van der Waals surface area contributed by atoms with E-state index in [2.05, 4.69) is 15.0 Å². The third-order valence-electron chi connectivity index (χ3n) is 5.40. The molecule has 1 aliphatic rings. The Kier molecular flexibility index (Phi) is 7.31. The molecule has 0 aliphatic carbocycles. The highest BCUT2D eigenvalue weighted by molar-refractivity contribution is 7.93. The molecule has 0 radical (unpaired) electrons. The SMILES string of the molecule is O=C(Nc1ccc(S(=O)(=O)Nc2nccs2)cc1)c1ccc(S(=O)(=O)N2CCCCCC2)cc1. The van der Waals surface area contributed by atoms with Crippen LogP contribution in [0.25, 0.3) is 0 Å². The first-order chi connectivity index (χ1) is 16.3. The van der Waals surface area contributed by atoms with Crippen LogP contribution in [0.15, 0.2) is 69.9 Å². The van der Waals surface area contributed by atoms with Crippen LogP contribution in [0.1, 0.15) is 36.0 Å². The molecule has 0 spiro atoms. The molecule has 0 saturated carbocycles. The Hall–Kier alpha value is -2.80. The second kappa shape index (κ2) is 10.2. The molecule has 2 N–H and O–H groups in total. The molecule has 12 heteroatoms. The summed E-state index contributed by atoms with van der Waals surface area (Å²) < 4.78 is 54.5. The maximum atomic E-state index is 12.9. The Balaban J connectivity index is 1.41. The number of rotatable bonds is 7. The molecule has 1 amide bonds. The number of amides is 1. The highest BCUT2D eigenvalue weighted by Gasteiger charge is 2.25. The summed E-state index contributed by atoms with van der Waals surface area (Å²) in [4.78, 5) is 16.7. The highest BCUT2D eigenvalue weighted by atomic mass is 32.2. The van der Waals surface area contributed by atoms with E-state index in [9.17, 15) is 21.6 Å². The van der Waals surface area contributed by atoms with Crippen molar-refractivity contribution in [3.05, 3.63) is 65.7 Å². The third kappa shape index (κ3) is 5.63. The molecule has 4 rings (SSSR count). The van der Waals surface area contributed by atoms with Crippen LogP contribution in [-0.2, 0) is 20.0 Å². The lowest BCUT2D eigenvalue weighted by atomic mass is 10.2. The van der Waals surface area contributed by atoms with Crippen molar-refractivity contribution in [1.29, 1.82) is 0 Å². The van der Waals surface area contributed by atoms with E-state index in [1.54, 1.807) is 5.38 Å². The number of anilines is 2. The van der Waals surface area contributed by atoms with Crippen LogP contribution in [0.5, 0.6) is 0 Å². The van der Waals surface area contributed by atoms with Crippen LogP contribution in [-0.4, -0.2) is 45.1 Å². The van der Waals surface area contributed by atoms with E-state index in [1.165, 1.54) is 70.4 Å². The molecule has 1 aromatic heterocycles. The number of aromatic nitrogens is 1. The van der Waals surface area contributed by atoms with Crippen molar-refractivity contribution in [3.8, 4) is 0 Å². The Morgan fingerprint density at radius 2 is 1.47 bits per heavy atom. The van der Waals surface area contributed by atoms with Crippen molar-refractivity contribution in [2.75, 3.05) is 23.1 Å². The molecular formula is C22H24N4O5S3. The Morgan fingerprint density at radius 1 is 0.853 bits per heavy atom. The summed E-state index contributed by atoms with van der Waals surface area (Å²) in [5, 5.41) is 4.61. The average Bonchev–Trinajstić information content (AvgIpc) is 3.16. The van der Waals surface area contributed by atoms with Crippen molar-refractivity contribution in [2.45, 2.75) is 35.5 Å². The number of carbonyl (C=O) groups excluding carboxylic acids is 1. The predicted octanol–water partition coefficient (Wildman–Crippen LogP) is 3.76. The lowest BCUT2D eigenvalue weighted by molar-refractivity contribution is 0.102. The highest BCUT2D eigenvalue weighted by Crippen LogP contribution is 2.22. The minimum absolute atomic E-state index is 0.0313. The maximum absolute atomic E-state index is 12.9. The van der Waals surface area contributed by atoms with Gasteiger partial charge >= 0.3 is 0 Å². The number of carbonyl (C=O) groups is 1. The zero-order valence-electron chi connectivity index (χ0n) is 18.2. The zero-order valence-corrected chi connectivity index (χ0v) is 20.6. The number of nitrogens with one attached hydrogen (secondary N) is 2. The number of thiazole rings is 1. The second-order valence-corrected chi connectivity index (χ2v) is 12.3. The van der Waals surface area contributed by atoms with Gasteiger partial charge in [-0.05, 0) is 61.4 Å². The van der Waals surface area contributed by atoms with E-state index < -0.39 is 26.0 Å². The number of benzene rings is 2. The van der Waals surface area contributed by atoms with Gasteiger partial charge in [0.05, 0.1) is 9.79 Å². The lowest BCUT2D eigenvalue weighted by Crippen LogP contribution is -2.31. The number of sulfonamides is 2.